The van der Waals surface area contributed by atoms with Crippen LogP contribution in [0.2, 0.25) is 0 Å². The first kappa shape index (κ1) is 12.5. The van der Waals surface area contributed by atoms with Crippen molar-refractivity contribution in [3.8, 4) is 0 Å². The first-order valence-corrected chi connectivity index (χ1v) is 6.24. The molecule has 1 fully saturated rings. The van der Waals surface area contributed by atoms with Gasteiger partial charge in [0.1, 0.15) is 6.61 Å². The van der Waals surface area contributed by atoms with E-state index in [1.165, 1.54) is 0 Å². The number of alkyl halides is 1. The monoisotopic (exact) mass is 278 g/mol. The van der Waals surface area contributed by atoms with E-state index >= 15 is 0 Å². The number of halogens is 1. The fourth-order valence-electron chi connectivity index (χ4n) is 1.95. The number of ether oxygens (including phenoxy) is 1. The summed E-state index contributed by atoms with van der Waals surface area (Å²) >= 11 is 3.15. The van der Waals surface area contributed by atoms with Crippen LogP contribution in [0.5, 0.6) is 0 Å². The van der Waals surface area contributed by atoms with Gasteiger partial charge in [0, 0.05) is 5.33 Å². The van der Waals surface area contributed by atoms with Crippen molar-refractivity contribution in [2.24, 2.45) is 11.8 Å². The summed E-state index contributed by atoms with van der Waals surface area (Å²) < 4.78 is 4.96. The first-order chi connectivity index (χ1) is 7.16. The lowest BCUT2D eigenvalue weighted by Crippen LogP contribution is -2.34. The molecule has 1 rings (SSSR count). The third-order valence-electron chi connectivity index (χ3n) is 2.71. The van der Waals surface area contributed by atoms with Crippen LogP contribution in [0.25, 0.3) is 0 Å². The maximum Gasteiger partial charge on any atom is 0.309 e. The number of hydrogen-bond donors (Lipinski definition) is 1. The van der Waals surface area contributed by atoms with Crippen molar-refractivity contribution in [2.75, 3.05) is 11.9 Å². The molecule has 0 unspecified atom stereocenters. The van der Waals surface area contributed by atoms with Crippen LogP contribution < -0.4 is 0 Å². The van der Waals surface area contributed by atoms with Crippen LogP contribution in [0.4, 0.5) is 0 Å². The Balaban J connectivity index is 2.55. The molecule has 0 aliphatic heterocycles. The molecule has 0 spiro atoms. The van der Waals surface area contributed by atoms with E-state index in [9.17, 15) is 9.59 Å². The smallest absolute Gasteiger partial charge is 0.309 e. The molecule has 2 atom stereocenters. The van der Waals surface area contributed by atoms with E-state index < -0.39 is 17.8 Å². The van der Waals surface area contributed by atoms with Crippen molar-refractivity contribution < 1.29 is 19.4 Å². The van der Waals surface area contributed by atoms with Gasteiger partial charge in [0.05, 0.1) is 11.8 Å². The van der Waals surface area contributed by atoms with Crippen LogP contribution in [0, 0.1) is 11.8 Å². The van der Waals surface area contributed by atoms with E-state index in [4.69, 9.17) is 9.84 Å². The SMILES string of the molecule is O=C(O)[C@H]1CCCC[C@H]1C(=O)OCCBr. The number of carbonyl (C=O) groups is 2. The van der Waals surface area contributed by atoms with E-state index in [-0.39, 0.29) is 5.97 Å². The Kier molecular flexibility index (Phi) is 5.08. The molecule has 0 aromatic carbocycles. The number of aliphatic carboxylic acids is 1. The molecule has 0 saturated heterocycles. The number of carbonyl (C=O) groups excluding carboxylic acids is 1. The van der Waals surface area contributed by atoms with Crippen molar-refractivity contribution in [1.29, 1.82) is 0 Å². The van der Waals surface area contributed by atoms with Crippen LogP contribution in [-0.4, -0.2) is 29.0 Å². The summed E-state index contributed by atoms with van der Waals surface area (Å²) in [5, 5.41) is 9.55. The van der Waals surface area contributed by atoms with Gasteiger partial charge in [0.15, 0.2) is 0 Å². The lowest BCUT2D eigenvalue weighted by atomic mass is 9.79. The number of carboxylic acid groups (broad SMARTS) is 1. The molecule has 0 bridgehead atoms. The Morgan fingerprint density at radius 1 is 1.27 bits per heavy atom. The van der Waals surface area contributed by atoms with Gasteiger partial charge in [-0.25, -0.2) is 0 Å². The van der Waals surface area contributed by atoms with Gasteiger partial charge in [-0.05, 0) is 12.8 Å². The van der Waals surface area contributed by atoms with Crippen LogP contribution in [0.15, 0.2) is 0 Å². The highest BCUT2D eigenvalue weighted by Gasteiger charge is 2.36. The van der Waals surface area contributed by atoms with Crippen molar-refractivity contribution in [3.63, 3.8) is 0 Å². The zero-order valence-corrected chi connectivity index (χ0v) is 10.0. The molecule has 86 valence electrons. The minimum Gasteiger partial charge on any atom is -0.481 e. The molecule has 0 aromatic rings. The Morgan fingerprint density at radius 3 is 2.40 bits per heavy atom. The van der Waals surface area contributed by atoms with Crippen LogP contribution in [-0.2, 0) is 14.3 Å². The van der Waals surface area contributed by atoms with Crippen molar-refractivity contribution in [2.45, 2.75) is 25.7 Å². The molecule has 0 radical (unpaired) electrons. The van der Waals surface area contributed by atoms with Crippen molar-refractivity contribution in [3.05, 3.63) is 0 Å². The molecule has 1 aliphatic carbocycles. The molecule has 1 N–H and O–H groups in total. The average molecular weight is 279 g/mol. The number of carboxylic acids is 1. The highest BCUT2D eigenvalue weighted by atomic mass is 79.9. The number of rotatable bonds is 4. The summed E-state index contributed by atoms with van der Waals surface area (Å²) in [7, 11) is 0. The normalized spacial score (nSPS) is 25.9. The predicted molar refractivity (Wildman–Crippen MR) is 57.8 cm³/mol. The molecule has 1 saturated carbocycles. The lowest BCUT2D eigenvalue weighted by molar-refractivity contribution is -0.159. The molecule has 1 aliphatic rings. The maximum atomic E-state index is 11.6. The van der Waals surface area contributed by atoms with Gasteiger partial charge < -0.3 is 9.84 Å². The largest absolute Gasteiger partial charge is 0.481 e. The van der Waals surface area contributed by atoms with Gasteiger partial charge >= 0.3 is 11.9 Å². The minimum atomic E-state index is -0.879. The van der Waals surface area contributed by atoms with E-state index in [0.717, 1.165) is 12.8 Å². The van der Waals surface area contributed by atoms with Gasteiger partial charge in [-0.15, -0.1) is 0 Å². The fourth-order valence-corrected chi connectivity index (χ4v) is 2.12. The van der Waals surface area contributed by atoms with E-state index in [0.29, 0.717) is 24.8 Å². The molecule has 0 aromatic heterocycles. The summed E-state index contributed by atoms with van der Waals surface area (Å²) in [5.41, 5.74) is 0. The average Bonchev–Trinajstić information content (AvgIpc) is 2.25. The first-order valence-electron chi connectivity index (χ1n) is 5.12. The Labute approximate surface area is 97.1 Å². The molecular formula is C10H15BrO4. The van der Waals surface area contributed by atoms with E-state index in [2.05, 4.69) is 15.9 Å². The third kappa shape index (κ3) is 3.48. The predicted octanol–water partition coefficient (Wildman–Crippen LogP) is 1.82. The Hall–Kier alpha value is -0.580. The van der Waals surface area contributed by atoms with Crippen LogP contribution >= 0.6 is 15.9 Å². The maximum absolute atomic E-state index is 11.6. The van der Waals surface area contributed by atoms with Gasteiger partial charge in [-0.1, -0.05) is 28.8 Å². The molecule has 0 amide bonds. The standard InChI is InChI=1S/C10H15BrO4/c11-5-6-15-10(14)8-4-2-1-3-7(8)9(12)13/h7-8H,1-6H2,(H,12,13)/t7-,8+/m0/s1. The zero-order valence-electron chi connectivity index (χ0n) is 8.45. The summed E-state index contributed by atoms with van der Waals surface area (Å²) in [6, 6.07) is 0. The van der Waals surface area contributed by atoms with Gasteiger partial charge in [-0.3, -0.25) is 9.59 Å². The topological polar surface area (TPSA) is 63.6 Å². The Bertz CT molecular complexity index is 242. The zero-order chi connectivity index (χ0) is 11.3. The van der Waals surface area contributed by atoms with E-state index in [1.807, 2.05) is 0 Å². The third-order valence-corrected chi connectivity index (χ3v) is 3.03. The number of esters is 1. The quantitative estimate of drug-likeness (QED) is 0.629. The molecule has 4 nitrogen and oxygen atoms in total. The number of hydrogen-bond acceptors (Lipinski definition) is 3. The molecule has 5 heteroatoms. The summed E-state index contributed by atoms with van der Waals surface area (Å²) in [6.07, 6.45) is 3.03. The van der Waals surface area contributed by atoms with Gasteiger partial charge in [-0.2, -0.15) is 0 Å². The highest BCUT2D eigenvalue weighted by molar-refractivity contribution is 9.09. The highest BCUT2D eigenvalue weighted by Crippen LogP contribution is 2.31. The van der Waals surface area contributed by atoms with Gasteiger partial charge in [0.25, 0.3) is 0 Å². The Morgan fingerprint density at radius 2 is 1.87 bits per heavy atom. The van der Waals surface area contributed by atoms with Crippen LogP contribution in [0.1, 0.15) is 25.7 Å². The van der Waals surface area contributed by atoms with Crippen LogP contribution in [0.3, 0.4) is 0 Å². The second kappa shape index (κ2) is 6.10. The summed E-state index contributed by atoms with van der Waals surface area (Å²) in [4.78, 5) is 22.5. The summed E-state index contributed by atoms with van der Waals surface area (Å²) in [5.74, 6) is -2.24. The summed E-state index contributed by atoms with van der Waals surface area (Å²) in [6.45, 7) is 0.307. The molecule has 15 heavy (non-hydrogen) atoms. The second-order valence-corrected chi connectivity index (χ2v) is 4.49. The van der Waals surface area contributed by atoms with Crippen molar-refractivity contribution in [1.82, 2.24) is 0 Å². The second-order valence-electron chi connectivity index (χ2n) is 3.69. The minimum absolute atomic E-state index is 0.307. The lowest BCUT2D eigenvalue weighted by Gasteiger charge is -2.26. The molecular weight excluding hydrogens is 264 g/mol. The van der Waals surface area contributed by atoms with E-state index in [1.54, 1.807) is 0 Å². The van der Waals surface area contributed by atoms with Gasteiger partial charge in [0.2, 0.25) is 0 Å². The fraction of sp³-hybridized carbons (Fsp3) is 0.800. The molecule has 0 heterocycles. The van der Waals surface area contributed by atoms with Crippen molar-refractivity contribution >= 4 is 27.9 Å².